The Kier molecular flexibility index (Phi) is 43.0. The fourth-order valence-electron chi connectivity index (χ4n) is 5.44. The SMILES string of the molecule is CCCCCCCCCCCC(=O)OCCCCCCCC.CCCCCCCCCCCC(=O)OCCCCCCCC. The molecule has 264 valence electrons. The Morgan fingerprint density at radius 3 is 0.750 bits per heavy atom. The molecule has 4 heteroatoms. The molecule has 0 saturated heterocycles. The molecule has 0 aromatic rings. The summed E-state index contributed by atoms with van der Waals surface area (Å²) in [5, 5.41) is 0. The fraction of sp³-hybridized carbons (Fsp3) is 0.950. The van der Waals surface area contributed by atoms with Gasteiger partial charge in [0.15, 0.2) is 0 Å². The van der Waals surface area contributed by atoms with E-state index < -0.39 is 0 Å². The average molecular weight is 625 g/mol. The molecule has 0 aliphatic heterocycles. The van der Waals surface area contributed by atoms with Crippen LogP contribution in [0.1, 0.15) is 233 Å². The van der Waals surface area contributed by atoms with Crippen LogP contribution in [0.2, 0.25) is 0 Å². The van der Waals surface area contributed by atoms with Crippen LogP contribution in [-0.4, -0.2) is 25.2 Å². The van der Waals surface area contributed by atoms with Crippen molar-refractivity contribution in [1.29, 1.82) is 0 Å². The first-order valence-electron chi connectivity index (χ1n) is 19.9. The lowest BCUT2D eigenvalue weighted by molar-refractivity contribution is -0.144. The third-order valence-corrected chi connectivity index (χ3v) is 8.49. The first-order valence-corrected chi connectivity index (χ1v) is 19.9. The minimum absolute atomic E-state index is 0.0107. The van der Waals surface area contributed by atoms with Crippen LogP contribution in [-0.2, 0) is 19.1 Å². The van der Waals surface area contributed by atoms with E-state index in [9.17, 15) is 9.59 Å². The van der Waals surface area contributed by atoms with Gasteiger partial charge in [-0.2, -0.15) is 0 Å². The zero-order chi connectivity index (χ0) is 32.6. The summed E-state index contributed by atoms with van der Waals surface area (Å²) in [5.74, 6) is 0.0213. The summed E-state index contributed by atoms with van der Waals surface area (Å²) in [5.41, 5.74) is 0. The molecule has 0 radical (unpaired) electrons. The summed E-state index contributed by atoms with van der Waals surface area (Å²) in [6, 6.07) is 0. The van der Waals surface area contributed by atoms with E-state index in [1.165, 1.54) is 167 Å². The van der Waals surface area contributed by atoms with Crippen molar-refractivity contribution in [2.24, 2.45) is 0 Å². The van der Waals surface area contributed by atoms with Crippen LogP contribution in [0, 0.1) is 0 Å². The van der Waals surface area contributed by atoms with E-state index in [4.69, 9.17) is 9.47 Å². The number of carbonyl (C=O) groups is 2. The van der Waals surface area contributed by atoms with E-state index in [1.807, 2.05) is 0 Å². The molecule has 0 bridgehead atoms. The molecular weight excluding hydrogens is 544 g/mol. The number of hydrogen-bond donors (Lipinski definition) is 0. The highest BCUT2D eigenvalue weighted by atomic mass is 16.5. The summed E-state index contributed by atoms with van der Waals surface area (Å²) in [6.07, 6.45) is 39.4. The number of hydrogen-bond acceptors (Lipinski definition) is 4. The van der Waals surface area contributed by atoms with Gasteiger partial charge in [0.05, 0.1) is 13.2 Å². The second-order valence-electron chi connectivity index (χ2n) is 13.1. The van der Waals surface area contributed by atoms with Crippen molar-refractivity contribution < 1.29 is 19.1 Å². The topological polar surface area (TPSA) is 52.6 Å². The van der Waals surface area contributed by atoms with Crippen molar-refractivity contribution in [2.45, 2.75) is 233 Å². The predicted octanol–water partition coefficient (Wildman–Crippen LogP) is 13.6. The lowest BCUT2D eigenvalue weighted by Crippen LogP contribution is -2.05. The Labute approximate surface area is 277 Å². The predicted molar refractivity (Wildman–Crippen MR) is 192 cm³/mol. The van der Waals surface area contributed by atoms with Crippen molar-refractivity contribution >= 4 is 11.9 Å². The quantitative estimate of drug-likeness (QED) is 0.0528. The van der Waals surface area contributed by atoms with Gasteiger partial charge in [-0.25, -0.2) is 0 Å². The van der Waals surface area contributed by atoms with Crippen molar-refractivity contribution in [3.8, 4) is 0 Å². The Bertz CT molecular complexity index is 499. The molecule has 0 spiro atoms. The summed E-state index contributed by atoms with van der Waals surface area (Å²) >= 11 is 0. The average Bonchev–Trinajstić information content (AvgIpc) is 3.02. The van der Waals surface area contributed by atoms with Crippen LogP contribution in [0.5, 0.6) is 0 Å². The molecule has 0 amide bonds. The summed E-state index contributed by atoms with van der Waals surface area (Å²) in [4.78, 5) is 23.1. The minimum Gasteiger partial charge on any atom is -0.466 e. The van der Waals surface area contributed by atoms with Gasteiger partial charge in [0.25, 0.3) is 0 Å². The lowest BCUT2D eigenvalue weighted by atomic mass is 10.1. The fourth-order valence-corrected chi connectivity index (χ4v) is 5.44. The molecule has 0 N–H and O–H groups in total. The van der Waals surface area contributed by atoms with Crippen LogP contribution in [0.4, 0.5) is 0 Å². The van der Waals surface area contributed by atoms with Crippen molar-refractivity contribution in [3.63, 3.8) is 0 Å². The Hall–Kier alpha value is -1.06. The number of unbranched alkanes of at least 4 members (excludes halogenated alkanes) is 26. The number of ether oxygens (including phenoxy) is 2. The third kappa shape index (κ3) is 43.1. The Morgan fingerprint density at radius 1 is 0.295 bits per heavy atom. The van der Waals surface area contributed by atoms with E-state index in [0.29, 0.717) is 26.1 Å². The first-order chi connectivity index (χ1) is 21.6. The zero-order valence-electron chi connectivity index (χ0n) is 30.7. The largest absolute Gasteiger partial charge is 0.466 e. The van der Waals surface area contributed by atoms with Crippen LogP contribution in [0.25, 0.3) is 0 Å². The van der Waals surface area contributed by atoms with Gasteiger partial charge in [-0.1, -0.05) is 195 Å². The highest BCUT2D eigenvalue weighted by molar-refractivity contribution is 5.69. The monoisotopic (exact) mass is 625 g/mol. The third-order valence-electron chi connectivity index (χ3n) is 8.49. The molecule has 4 nitrogen and oxygen atoms in total. The van der Waals surface area contributed by atoms with E-state index >= 15 is 0 Å². The molecule has 0 fully saturated rings. The van der Waals surface area contributed by atoms with E-state index in [-0.39, 0.29) is 11.9 Å². The Morgan fingerprint density at radius 2 is 0.500 bits per heavy atom. The van der Waals surface area contributed by atoms with Crippen molar-refractivity contribution in [2.75, 3.05) is 13.2 Å². The number of esters is 2. The van der Waals surface area contributed by atoms with Gasteiger partial charge in [0.1, 0.15) is 0 Å². The maximum Gasteiger partial charge on any atom is 0.305 e. The standard InChI is InChI=1S/2C20H40O2/c2*1-3-5-7-9-11-12-13-14-16-18-20(21)22-19-17-15-10-8-6-4-2/h2*3-19H2,1-2H3. The second-order valence-corrected chi connectivity index (χ2v) is 13.1. The summed E-state index contributed by atoms with van der Waals surface area (Å²) in [7, 11) is 0. The molecule has 0 aromatic carbocycles. The van der Waals surface area contributed by atoms with Crippen LogP contribution >= 0.6 is 0 Å². The van der Waals surface area contributed by atoms with Gasteiger partial charge in [0.2, 0.25) is 0 Å². The highest BCUT2D eigenvalue weighted by Gasteiger charge is 2.03. The van der Waals surface area contributed by atoms with Crippen molar-refractivity contribution in [3.05, 3.63) is 0 Å². The molecule has 0 unspecified atom stereocenters. The number of carbonyl (C=O) groups excluding carboxylic acids is 2. The van der Waals surface area contributed by atoms with E-state index in [0.717, 1.165) is 25.7 Å². The zero-order valence-corrected chi connectivity index (χ0v) is 30.7. The van der Waals surface area contributed by atoms with Gasteiger partial charge >= 0.3 is 11.9 Å². The Balaban J connectivity index is 0. The minimum atomic E-state index is 0.0107. The second kappa shape index (κ2) is 41.9. The molecule has 0 aliphatic rings. The van der Waals surface area contributed by atoms with Gasteiger partial charge in [-0.05, 0) is 25.7 Å². The summed E-state index contributed by atoms with van der Waals surface area (Å²) in [6.45, 7) is 10.2. The first kappa shape index (κ1) is 45.1. The molecular formula is C40H80O4. The normalized spacial score (nSPS) is 10.8. The van der Waals surface area contributed by atoms with Crippen LogP contribution in [0.15, 0.2) is 0 Å². The molecule has 0 saturated carbocycles. The highest BCUT2D eigenvalue weighted by Crippen LogP contribution is 2.13. The molecule has 0 aliphatic carbocycles. The van der Waals surface area contributed by atoms with Crippen molar-refractivity contribution in [1.82, 2.24) is 0 Å². The van der Waals surface area contributed by atoms with Gasteiger partial charge in [-0.15, -0.1) is 0 Å². The van der Waals surface area contributed by atoms with E-state index in [2.05, 4.69) is 27.7 Å². The number of rotatable bonds is 34. The molecule has 0 heterocycles. The molecule has 0 aromatic heterocycles. The maximum atomic E-state index is 11.6. The van der Waals surface area contributed by atoms with E-state index in [1.54, 1.807) is 0 Å². The smallest absolute Gasteiger partial charge is 0.305 e. The van der Waals surface area contributed by atoms with Crippen LogP contribution in [0.3, 0.4) is 0 Å². The van der Waals surface area contributed by atoms with Gasteiger partial charge in [-0.3, -0.25) is 9.59 Å². The molecule has 0 atom stereocenters. The molecule has 44 heavy (non-hydrogen) atoms. The maximum absolute atomic E-state index is 11.6. The van der Waals surface area contributed by atoms with Crippen LogP contribution < -0.4 is 0 Å². The van der Waals surface area contributed by atoms with Gasteiger partial charge < -0.3 is 9.47 Å². The lowest BCUT2D eigenvalue weighted by Gasteiger charge is -2.05. The molecule has 0 rings (SSSR count). The van der Waals surface area contributed by atoms with Gasteiger partial charge in [0, 0.05) is 12.8 Å². The summed E-state index contributed by atoms with van der Waals surface area (Å²) < 4.78 is 10.6.